The minimum atomic E-state index is -0.839. The van der Waals surface area contributed by atoms with Gasteiger partial charge in [0, 0.05) is 4.91 Å². The molecule has 0 fully saturated rings. The number of azide groups is 1. The summed E-state index contributed by atoms with van der Waals surface area (Å²) in [5.74, 6) is 1.13. The predicted molar refractivity (Wildman–Crippen MR) is 72.4 cm³/mol. The zero-order chi connectivity index (χ0) is 14.1. The molecule has 0 saturated carbocycles. The van der Waals surface area contributed by atoms with E-state index in [1.54, 1.807) is 19.3 Å². The van der Waals surface area contributed by atoms with Crippen LogP contribution < -0.4 is 9.47 Å². The third kappa shape index (κ3) is 4.91. The summed E-state index contributed by atoms with van der Waals surface area (Å²) in [6.45, 7) is 3.69. The fraction of sp³-hybridized carbons (Fsp3) is 0.385. The molecular weight excluding hydrogens is 246 g/mol. The molecule has 0 aliphatic heterocycles. The number of methoxy groups -OCH3 is 1. The lowest BCUT2D eigenvalue weighted by molar-refractivity contribution is 0.112. The van der Waals surface area contributed by atoms with Gasteiger partial charge in [-0.25, -0.2) is 0 Å². The molecule has 1 aromatic rings. The summed E-state index contributed by atoms with van der Waals surface area (Å²) in [7, 11) is 1.55. The minimum absolute atomic E-state index is 0.0205. The molecule has 1 unspecified atom stereocenters. The van der Waals surface area contributed by atoms with Crippen molar-refractivity contribution in [2.45, 2.75) is 12.5 Å². The molecule has 102 valence electrons. The summed E-state index contributed by atoms with van der Waals surface area (Å²) in [5, 5.41) is 12.8. The Morgan fingerprint density at radius 2 is 2.32 bits per heavy atom. The Balaban J connectivity index is 2.66. The Hall–Kier alpha value is -2.17. The summed E-state index contributed by atoms with van der Waals surface area (Å²) >= 11 is 0. The van der Waals surface area contributed by atoms with Gasteiger partial charge >= 0.3 is 0 Å². The molecule has 0 radical (unpaired) electrons. The zero-order valence-corrected chi connectivity index (χ0v) is 10.8. The zero-order valence-electron chi connectivity index (χ0n) is 10.8. The smallest absolute Gasteiger partial charge is 0.161 e. The Morgan fingerprint density at radius 1 is 1.53 bits per heavy atom. The van der Waals surface area contributed by atoms with Crippen molar-refractivity contribution in [2.75, 3.05) is 20.3 Å². The van der Waals surface area contributed by atoms with Crippen molar-refractivity contribution in [3.05, 3.63) is 46.9 Å². The molecule has 0 aromatic heterocycles. The lowest BCUT2D eigenvalue weighted by Gasteiger charge is -2.13. The summed E-state index contributed by atoms with van der Waals surface area (Å²) in [6, 6.07) is 5.54. The second kappa shape index (κ2) is 8.02. The fourth-order valence-electron chi connectivity index (χ4n) is 1.49. The number of rotatable bonds is 8. The first-order valence-corrected chi connectivity index (χ1v) is 5.80. The van der Waals surface area contributed by atoms with Gasteiger partial charge in [0.15, 0.2) is 11.5 Å². The van der Waals surface area contributed by atoms with Crippen molar-refractivity contribution in [1.29, 1.82) is 0 Å². The van der Waals surface area contributed by atoms with Crippen LogP contribution in [0.3, 0.4) is 0 Å². The van der Waals surface area contributed by atoms with E-state index in [1.807, 2.05) is 12.1 Å². The SMILES string of the molecule is C=CCc1ccc(OCC(O)CN=[N+]=[N-])c(OC)c1. The average molecular weight is 263 g/mol. The van der Waals surface area contributed by atoms with E-state index >= 15 is 0 Å². The van der Waals surface area contributed by atoms with Crippen LogP contribution in [-0.2, 0) is 6.42 Å². The molecule has 1 N–H and O–H groups in total. The van der Waals surface area contributed by atoms with E-state index in [1.165, 1.54) is 0 Å². The van der Waals surface area contributed by atoms with Crippen LogP contribution in [-0.4, -0.2) is 31.5 Å². The summed E-state index contributed by atoms with van der Waals surface area (Å²) in [5.41, 5.74) is 9.21. The maximum absolute atomic E-state index is 9.50. The highest BCUT2D eigenvalue weighted by Crippen LogP contribution is 2.28. The average Bonchev–Trinajstić information content (AvgIpc) is 2.43. The van der Waals surface area contributed by atoms with E-state index in [0.29, 0.717) is 11.5 Å². The van der Waals surface area contributed by atoms with E-state index in [0.717, 1.165) is 12.0 Å². The molecule has 1 atom stereocenters. The van der Waals surface area contributed by atoms with Crippen LogP contribution in [0.1, 0.15) is 5.56 Å². The maximum Gasteiger partial charge on any atom is 0.161 e. The molecule has 1 aromatic carbocycles. The first kappa shape index (κ1) is 14.9. The molecule has 0 heterocycles. The monoisotopic (exact) mass is 263 g/mol. The van der Waals surface area contributed by atoms with Crippen LogP contribution >= 0.6 is 0 Å². The highest BCUT2D eigenvalue weighted by atomic mass is 16.5. The Labute approximate surface area is 111 Å². The van der Waals surface area contributed by atoms with Crippen LogP contribution in [0.5, 0.6) is 11.5 Å². The molecule has 0 amide bonds. The van der Waals surface area contributed by atoms with Gasteiger partial charge < -0.3 is 14.6 Å². The van der Waals surface area contributed by atoms with Crippen molar-refractivity contribution in [3.63, 3.8) is 0 Å². The number of aliphatic hydroxyl groups excluding tert-OH is 1. The summed E-state index contributed by atoms with van der Waals surface area (Å²) < 4.78 is 10.7. The van der Waals surface area contributed by atoms with Gasteiger partial charge in [0.1, 0.15) is 6.61 Å². The lowest BCUT2D eigenvalue weighted by Crippen LogP contribution is -2.20. The highest BCUT2D eigenvalue weighted by Gasteiger charge is 2.08. The van der Waals surface area contributed by atoms with Crippen molar-refractivity contribution in [1.82, 2.24) is 0 Å². The van der Waals surface area contributed by atoms with E-state index in [2.05, 4.69) is 16.6 Å². The van der Waals surface area contributed by atoms with Crippen LogP contribution in [0.15, 0.2) is 36.0 Å². The molecule has 0 aliphatic carbocycles. The molecule has 0 aliphatic rings. The first-order valence-electron chi connectivity index (χ1n) is 5.80. The number of aliphatic hydroxyl groups is 1. The molecule has 0 saturated heterocycles. The number of hydrogen-bond donors (Lipinski definition) is 1. The number of allylic oxidation sites excluding steroid dienone is 1. The van der Waals surface area contributed by atoms with Gasteiger partial charge in [-0.05, 0) is 29.6 Å². The third-order valence-electron chi connectivity index (χ3n) is 2.39. The van der Waals surface area contributed by atoms with Gasteiger partial charge in [0.2, 0.25) is 0 Å². The molecule has 0 bridgehead atoms. The second-order valence-electron chi connectivity index (χ2n) is 3.86. The normalized spacial score (nSPS) is 11.3. The Morgan fingerprint density at radius 3 is 2.95 bits per heavy atom. The van der Waals surface area contributed by atoms with Gasteiger partial charge in [-0.1, -0.05) is 17.3 Å². The molecule has 6 nitrogen and oxygen atoms in total. The van der Waals surface area contributed by atoms with Gasteiger partial charge in [0.25, 0.3) is 0 Å². The highest BCUT2D eigenvalue weighted by molar-refractivity contribution is 5.43. The van der Waals surface area contributed by atoms with Crippen molar-refractivity contribution in [3.8, 4) is 11.5 Å². The molecular formula is C13H17N3O3. The maximum atomic E-state index is 9.50. The lowest BCUT2D eigenvalue weighted by atomic mass is 10.1. The number of hydrogen-bond acceptors (Lipinski definition) is 4. The van der Waals surface area contributed by atoms with Crippen LogP contribution in [0.4, 0.5) is 0 Å². The standard InChI is InChI=1S/C13H17N3O3/c1-3-4-10-5-6-12(13(7-10)18-2)19-9-11(17)8-15-16-14/h3,5-7,11,17H,1,4,8-9H2,2H3. The number of nitrogens with zero attached hydrogens (tertiary/aromatic N) is 3. The third-order valence-corrected chi connectivity index (χ3v) is 2.39. The molecule has 1 rings (SSSR count). The minimum Gasteiger partial charge on any atom is -0.493 e. The van der Waals surface area contributed by atoms with Crippen molar-refractivity contribution < 1.29 is 14.6 Å². The quantitative estimate of drug-likeness (QED) is 0.338. The topological polar surface area (TPSA) is 87.5 Å². The number of ether oxygens (including phenoxy) is 2. The molecule has 0 spiro atoms. The van der Waals surface area contributed by atoms with E-state index < -0.39 is 6.10 Å². The van der Waals surface area contributed by atoms with E-state index in [4.69, 9.17) is 15.0 Å². The predicted octanol–water partition coefficient (Wildman–Crippen LogP) is 2.47. The second-order valence-corrected chi connectivity index (χ2v) is 3.86. The molecule has 6 heteroatoms. The van der Waals surface area contributed by atoms with Crippen LogP contribution in [0, 0.1) is 0 Å². The van der Waals surface area contributed by atoms with E-state index in [9.17, 15) is 5.11 Å². The van der Waals surface area contributed by atoms with Crippen molar-refractivity contribution >= 4 is 0 Å². The Kier molecular flexibility index (Phi) is 6.29. The van der Waals surface area contributed by atoms with Gasteiger partial charge in [0.05, 0.1) is 19.8 Å². The Bertz CT molecular complexity index is 470. The van der Waals surface area contributed by atoms with Crippen LogP contribution in [0.25, 0.3) is 10.4 Å². The molecule has 19 heavy (non-hydrogen) atoms. The number of benzene rings is 1. The first-order chi connectivity index (χ1) is 9.21. The fourth-order valence-corrected chi connectivity index (χ4v) is 1.49. The summed E-state index contributed by atoms with van der Waals surface area (Å²) in [4.78, 5) is 2.57. The van der Waals surface area contributed by atoms with Gasteiger partial charge in [-0.2, -0.15) is 0 Å². The van der Waals surface area contributed by atoms with Crippen LogP contribution in [0.2, 0.25) is 0 Å². The largest absolute Gasteiger partial charge is 0.493 e. The van der Waals surface area contributed by atoms with E-state index in [-0.39, 0.29) is 13.2 Å². The van der Waals surface area contributed by atoms with Gasteiger partial charge in [-0.15, -0.1) is 6.58 Å². The van der Waals surface area contributed by atoms with Crippen molar-refractivity contribution in [2.24, 2.45) is 5.11 Å². The summed E-state index contributed by atoms with van der Waals surface area (Å²) in [6.07, 6.45) is 1.71. The van der Waals surface area contributed by atoms with Gasteiger partial charge in [-0.3, -0.25) is 0 Å².